The number of thioether (sulfide) groups is 1. The molecule has 1 fully saturated rings. The van der Waals surface area contributed by atoms with Gasteiger partial charge >= 0.3 is 0 Å². The van der Waals surface area contributed by atoms with Crippen molar-refractivity contribution in [2.75, 3.05) is 20.2 Å². The van der Waals surface area contributed by atoms with Gasteiger partial charge in [-0.05, 0) is 37.8 Å². The molecule has 1 aliphatic rings. The number of furan rings is 1. The maximum absolute atomic E-state index is 12.4. The number of aromatic nitrogens is 3. The molecule has 2 aromatic rings. The van der Waals surface area contributed by atoms with E-state index < -0.39 is 0 Å². The zero-order chi connectivity index (χ0) is 16.8. The molecule has 130 valence electrons. The molecule has 3 heterocycles. The quantitative estimate of drug-likeness (QED) is 0.773. The fourth-order valence-electron chi connectivity index (χ4n) is 2.64. The number of hydrogen-bond donors (Lipinski definition) is 1. The van der Waals surface area contributed by atoms with E-state index in [2.05, 4.69) is 15.2 Å². The van der Waals surface area contributed by atoms with Gasteiger partial charge in [-0.15, -0.1) is 0 Å². The van der Waals surface area contributed by atoms with Gasteiger partial charge in [-0.25, -0.2) is 4.98 Å². The highest BCUT2D eigenvalue weighted by atomic mass is 32.2. The lowest BCUT2D eigenvalue weighted by Crippen LogP contribution is -2.31. The van der Waals surface area contributed by atoms with E-state index in [1.165, 1.54) is 24.5 Å². The van der Waals surface area contributed by atoms with Crippen molar-refractivity contribution in [2.24, 2.45) is 0 Å². The van der Waals surface area contributed by atoms with Crippen LogP contribution >= 0.6 is 11.8 Å². The minimum atomic E-state index is -0.0956. The second-order valence-electron chi connectivity index (χ2n) is 5.85. The summed E-state index contributed by atoms with van der Waals surface area (Å²) >= 11 is 1.48. The predicted molar refractivity (Wildman–Crippen MR) is 89.8 cm³/mol. The van der Waals surface area contributed by atoms with Crippen LogP contribution in [-0.4, -0.2) is 52.3 Å². The Balaban J connectivity index is 1.47. The lowest BCUT2D eigenvalue weighted by Gasteiger charge is -2.24. The Morgan fingerprint density at radius 1 is 1.46 bits per heavy atom. The van der Waals surface area contributed by atoms with Crippen molar-refractivity contribution in [1.29, 1.82) is 0 Å². The summed E-state index contributed by atoms with van der Waals surface area (Å²) in [6.45, 7) is 1.51. The van der Waals surface area contributed by atoms with E-state index >= 15 is 0 Å². The molecule has 8 heteroatoms. The molecule has 7 nitrogen and oxygen atoms in total. The number of ether oxygens (including phenoxy) is 1. The molecule has 1 saturated heterocycles. The molecule has 0 saturated carbocycles. The summed E-state index contributed by atoms with van der Waals surface area (Å²) in [5, 5.41) is 7.29. The minimum absolute atomic E-state index is 0.0956. The van der Waals surface area contributed by atoms with Crippen LogP contribution in [0.15, 0.2) is 28.0 Å². The van der Waals surface area contributed by atoms with E-state index in [0.29, 0.717) is 18.1 Å². The third-order valence-corrected chi connectivity index (χ3v) is 4.92. The van der Waals surface area contributed by atoms with Crippen molar-refractivity contribution >= 4 is 17.7 Å². The van der Waals surface area contributed by atoms with Gasteiger partial charge in [0.25, 0.3) is 5.91 Å². The molecule has 2 aromatic heterocycles. The van der Waals surface area contributed by atoms with Gasteiger partial charge in [-0.2, -0.15) is 5.10 Å². The van der Waals surface area contributed by atoms with Crippen molar-refractivity contribution < 1.29 is 13.9 Å². The molecule has 3 rings (SSSR count). The predicted octanol–water partition coefficient (Wildman–Crippen LogP) is 2.72. The van der Waals surface area contributed by atoms with Gasteiger partial charge < -0.3 is 14.1 Å². The van der Waals surface area contributed by atoms with Gasteiger partial charge in [0.05, 0.1) is 11.9 Å². The van der Waals surface area contributed by atoms with Gasteiger partial charge in [0.2, 0.25) is 0 Å². The molecular formula is C16H22N4O3S. The fourth-order valence-corrected chi connectivity index (χ4v) is 3.31. The Hall–Kier alpha value is -1.80. The number of nitrogens with one attached hydrogen (secondary N) is 1. The number of carbonyl (C=O) groups excluding carboxylic acids is 1. The topological polar surface area (TPSA) is 84.2 Å². The third-order valence-electron chi connectivity index (χ3n) is 4.02. The first kappa shape index (κ1) is 17.0. The largest absolute Gasteiger partial charge is 0.455 e. The number of rotatable bonds is 7. The van der Waals surface area contributed by atoms with Crippen molar-refractivity contribution in [3.63, 3.8) is 0 Å². The Labute approximate surface area is 145 Å². The molecule has 0 spiro atoms. The highest BCUT2D eigenvalue weighted by Gasteiger charge is 2.19. The monoisotopic (exact) mass is 350 g/mol. The molecule has 1 unspecified atom stereocenters. The molecule has 1 aliphatic heterocycles. The summed E-state index contributed by atoms with van der Waals surface area (Å²) in [5.41, 5.74) is 0. The van der Waals surface area contributed by atoms with Gasteiger partial charge in [0.15, 0.2) is 10.9 Å². The number of nitrogens with zero attached hydrogens (tertiary/aromatic N) is 3. The maximum Gasteiger partial charge on any atom is 0.289 e. The van der Waals surface area contributed by atoms with E-state index in [-0.39, 0.29) is 12.0 Å². The molecule has 1 atom stereocenters. The molecule has 24 heavy (non-hydrogen) atoms. The van der Waals surface area contributed by atoms with Gasteiger partial charge in [0.1, 0.15) is 12.1 Å². The van der Waals surface area contributed by atoms with Crippen molar-refractivity contribution in [3.8, 4) is 0 Å². The number of carbonyl (C=O) groups is 1. The summed E-state index contributed by atoms with van der Waals surface area (Å²) in [7, 11) is 1.80. The van der Waals surface area contributed by atoms with Crippen LogP contribution in [0, 0.1) is 0 Å². The summed E-state index contributed by atoms with van der Waals surface area (Å²) in [5.74, 6) is 1.61. The Morgan fingerprint density at radius 3 is 3.12 bits per heavy atom. The van der Waals surface area contributed by atoms with Crippen LogP contribution in [0.25, 0.3) is 0 Å². The first-order valence-electron chi connectivity index (χ1n) is 8.16. The molecule has 0 bridgehead atoms. The molecule has 0 aromatic carbocycles. The molecule has 0 aliphatic carbocycles. The SMILES string of the molecule is CN(CCC1CCCCO1)C(=O)c1ccc(CSc2ncn[nH]2)o1. The smallest absolute Gasteiger partial charge is 0.289 e. The number of H-pyrrole nitrogens is 1. The minimum Gasteiger partial charge on any atom is -0.455 e. The van der Waals surface area contributed by atoms with Crippen LogP contribution < -0.4 is 0 Å². The van der Waals surface area contributed by atoms with Crippen molar-refractivity contribution in [1.82, 2.24) is 20.1 Å². The van der Waals surface area contributed by atoms with Crippen molar-refractivity contribution in [2.45, 2.75) is 42.7 Å². The van der Waals surface area contributed by atoms with E-state index in [9.17, 15) is 4.79 Å². The standard InChI is InChI=1S/C16H22N4O3S/c1-20(8-7-12-4-2-3-9-22-12)15(21)14-6-5-13(23-14)10-24-16-17-11-18-19-16/h5-6,11-12H,2-4,7-10H2,1H3,(H,17,18,19). The zero-order valence-corrected chi connectivity index (χ0v) is 14.6. The second-order valence-corrected chi connectivity index (χ2v) is 6.81. The normalized spacial score (nSPS) is 17.8. The molecule has 0 radical (unpaired) electrons. The summed E-state index contributed by atoms with van der Waals surface area (Å²) in [6, 6.07) is 3.56. The van der Waals surface area contributed by atoms with Crippen LogP contribution in [-0.2, 0) is 10.5 Å². The van der Waals surface area contributed by atoms with Crippen LogP contribution in [0.2, 0.25) is 0 Å². The first-order valence-corrected chi connectivity index (χ1v) is 9.15. The van der Waals surface area contributed by atoms with Crippen LogP contribution in [0.5, 0.6) is 0 Å². The number of amides is 1. The Bertz CT molecular complexity index is 638. The second kappa shape index (κ2) is 8.34. The average molecular weight is 350 g/mol. The maximum atomic E-state index is 12.4. The number of aromatic amines is 1. The van der Waals surface area contributed by atoms with E-state index in [1.54, 1.807) is 18.0 Å². The Kier molecular flexibility index (Phi) is 5.92. The summed E-state index contributed by atoms with van der Waals surface area (Å²) in [6.07, 6.45) is 6.06. The summed E-state index contributed by atoms with van der Waals surface area (Å²) < 4.78 is 11.4. The van der Waals surface area contributed by atoms with E-state index in [4.69, 9.17) is 9.15 Å². The van der Waals surface area contributed by atoms with Crippen LogP contribution in [0.3, 0.4) is 0 Å². The highest BCUT2D eigenvalue weighted by molar-refractivity contribution is 7.98. The zero-order valence-electron chi connectivity index (χ0n) is 13.7. The van der Waals surface area contributed by atoms with Gasteiger partial charge in [-0.1, -0.05) is 11.8 Å². The summed E-state index contributed by atoms with van der Waals surface area (Å²) in [4.78, 5) is 18.2. The van der Waals surface area contributed by atoms with Crippen LogP contribution in [0.1, 0.15) is 42.0 Å². The van der Waals surface area contributed by atoms with E-state index in [1.807, 2.05) is 6.07 Å². The first-order chi connectivity index (χ1) is 11.7. The fraction of sp³-hybridized carbons (Fsp3) is 0.562. The van der Waals surface area contributed by atoms with Crippen molar-refractivity contribution in [3.05, 3.63) is 30.0 Å². The Morgan fingerprint density at radius 2 is 2.38 bits per heavy atom. The third kappa shape index (κ3) is 4.61. The van der Waals surface area contributed by atoms with Gasteiger partial charge in [-0.3, -0.25) is 9.89 Å². The van der Waals surface area contributed by atoms with Gasteiger partial charge in [0, 0.05) is 20.2 Å². The molecule has 1 N–H and O–H groups in total. The average Bonchev–Trinajstić information content (AvgIpc) is 3.29. The number of hydrogen-bond acceptors (Lipinski definition) is 6. The molecular weight excluding hydrogens is 328 g/mol. The highest BCUT2D eigenvalue weighted by Crippen LogP contribution is 2.21. The van der Waals surface area contributed by atoms with Crippen LogP contribution in [0.4, 0.5) is 0 Å². The lowest BCUT2D eigenvalue weighted by molar-refractivity contribution is 0.00690. The molecule has 1 amide bonds. The lowest BCUT2D eigenvalue weighted by atomic mass is 10.1. The van der Waals surface area contributed by atoms with E-state index in [0.717, 1.165) is 36.8 Å².